The summed E-state index contributed by atoms with van der Waals surface area (Å²) in [4.78, 5) is 10.6. The Morgan fingerprint density at radius 1 is 1.11 bits per heavy atom. The number of carboxylic acids is 1. The number of carbonyl (C=O) groups excluding carboxylic acids is 1. The molecule has 0 aliphatic carbocycles. The van der Waals surface area contributed by atoms with Gasteiger partial charge in [0.25, 0.3) is 0 Å². The van der Waals surface area contributed by atoms with E-state index < -0.39 is 5.97 Å². The first-order valence-electron chi connectivity index (χ1n) is 5.47. The maximum absolute atomic E-state index is 10.6. The van der Waals surface area contributed by atoms with Gasteiger partial charge in [-0.05, 0) is 23.8 Å². The number of aliphatic carboxylic acids is 1. The van der Waals surface area contributed by atoms with E-state index in [1.807, 2.05) is 18.2 Å². The molecule has 2 aromatic rings. The number of ether oxygens (including phenoxy) is 1. The third-order valence-electron chi connectivity index (χ3n) is 2.46. The van der Waals surface area contributed by atoms with E-state index in [1.165, 1.54) is 0 Å². The SMILES string of the molecule is Nc1c(CC(=O)[O-])cccc1Oc1ccccc1. The third kappa shape index (κ3) is 2.79. The fraction of sp³-hybridized carbons (Fsp3) is 0.0714. The molecule has 0 bridgehead atoms. The maximum Gasteiger partial charge on any atom is 0.150 e. The fourth-order valence-electron chi connectivity index (χ4n) is 1.60. The van der Waals surface area contributed by atoms with Gasteiger partial charge in [-0.25, -0.2) is 0 Å². The summed E-state index contributed by atoms with van der Waals surface area (Å²) < 4.78 is 5.59. The van der Waals surface area contributed by atoms with Gasteiger partial charge in [0, 0.05) is 12.4 Å². The van der Waals surface area contributed by atoms with Crippen molar-refractivity contribution in [3.05, 3.63) is 54.1 Å². The molecule has 0 aliphatic heterocycles. The van der Waals surface area contributed by atoms with Crippen LogP contribution < -0.4 is 15.6 Å². The van der Waals surface area contributed by atoms with E-state index in [0.29, 0.717) is 22.7 Å². The number of para-hydroxylation sites is 2. The molecular formula is C14H12NO3-. The molecule has 0 saturated heterocycles. The van der Waals surface area contributed by atoms with Crippen LogP contribution in [0.4, 0.5) is 5.69 Å². The zero-order valence-corrected chi connectivity index (χ0v) is 9.63. The maximum atomic E-state index is 10.6. The summed E-state index contributed by atoms with van der Waals surface area (Å²) in [5.74, 6) is -0.0756. The Kier molecular flexibility index (Phi) is 3.48. The Morgan fingerprint density at radius 3 is 2.50 bits per heavy atom. The van der Waals surface area contributed by atoms with Crippen molar-refractivity contribution in [1.82, 2.24) is 0 Å². The van der Waals surface area contributed by atoms with Crippen LogP contribution in [0, 0.1) is 0 Å². The number of benzene rings is 2. The Bertz CT molecular complexity index is 552. The highest BCUT2D eigenvalue weighted by Gasteiger charge is 2.07. The molecule has 0 aliphatic rings. The molecular weight excluding hydrogens is 230 g/mol. The highest BCUT2D eigenvalue weighted by molar-refractivity contribution is 5.73. The quantitative estimate of drug-likeness (QED) is 0.821. The van der Waals surface area contributed by atoms with Crippen molar-refractivity contribution < 1.29 is 14.6 Å². The second-order valence-electron chi connectivity index (χ2n) is 3.79. The van der Waals surface area contributed by atoms with Crippen LogP contribution in [0.1, 0.15) is 5.56 Å². The van der Waals surface area contributed by atoms with Crippen molar-refractivity contribution in [3.63, 3.8) is 0 Å². The highest BCUT2D eigenvalue weighted by atomic mass is 16.5. The largest absolute Gasteiger partial charge is 0.550 e. The van der Waals surface area contributed by atoms with Gasteiger partial charge in [0.2, 0.25) is 0 Å². The number of nitrogens with two attached hydrogens (primary N) is 1. The monoisotopic (exact) mass is 242 g/mol. The zero-order chi connectivity index (χ0) is 13.0. The van der Waals surface area contributed by atoms with Gasteiger partial charge in [-0.2, -0.15) is 0 Å². The Labute approximate surface area is 105 Å². The number of nitrogen functional groups attached to an aromatic ring is 1. The van der Waals surface area contributed by atoms with Crippen molar-refractivity contribution in [3.8, 4) is 11.5 Å². The standard InChI is InChI=1S/C14H13NO3/c15-14-10(9-13(16)17)5-4-8-12(14)18-11-6-2-1-3-7-11/h1-8H,9,15H2,(H,16,17)/p-1. The van der Waals surface area contributed by atoms with Gasteiger partial charge < -0.3 is 20.4 Å². The lowest BCUT2D eigenvalue weighted by molar-refractivity contribution is -0.304. The highest BCUT2D eigenvalue weighted by Crippen LogP contribution is 2.29. The molecule has 0 amide bonds. The molecule has 0 atom stereocenters. The lowest BCUT2D eigenvalue weighted by atomic mass is 10.1. The van der Waals surface area contributed by atoms with Crippen LogP contribution in [0.2, 0.25) is 0 Å². The Morgan fingerprint density at radius 2 is 1.83 bits per heavy atom. The second kappa shape index (κ2) is 5.23. The minimum atomic E-state index is -1.17. The van der Waals surface area contributed by atoms with E-state index in [4.69, 9.17) is 10.5 Å². The van der Waals surface area contributed by atoms with Crippen molar-refractivity contribution >= 4 is 11.7 Å². The first kappa shape index (κ1) is 12.0. The molecule has 0 unspecified atom stereocenters. The van der Waals surface area contributed by atoms with Crippen LogP contribution in [0.5, 0.6) is 11.5 Å². The van der Waals surface area contributed by atoms with E-state index in [2.05, 4.69) is 0 Å². The van der Waals surface area contributed by atoms with Gasteiger partial charge in [-0.15, -0.1) is 0 Å². The number of anilines is 1. The average molecular weight is 242 g/mol. The Balaban J connectivity index is 2.26. The lowest BCUT2D eigenvalue weighted by Crippen LogP contribution is -2.24. The molecule has 4 nitrogen and oxygen atoms in total. The molecule has 0 radical (unpaired) electrons. The number of rotatable bonds is 4. The minimum absolute atomic E-state index is 0.224. The van der Waals surface area contributed by atoms with Gasteiger partial charge in [0.1, 0.15) is 5.75 Å². The molecule has 18 heavy (non-hydrogen) atoms. The van der Waals surface area contributed by atoms with Crippen LogP contribution in [0.3, 0.4) is 0 Å². The lowest BCUT2D eigenvalue weighted by Gasteiger charge is -2.12. The number of hydrogen-bond acceptors (Lipinski definition) is 4. The summed E-state index contributed by atoms with van der Waals surface area (Å²) in [6.07, 6.45) is -0.224. The van der Waals surface area contributed by atoms with E-state index in [1.54, 1.807) is 30.3 Å². The number of hydrogen-bond donors (Lipinski definition) is 1. The van der Waals surface area contributed by atoms with Gasteiger partial charge >= 0.3 is 0 Å². The molecule has 0 heterocycles. The van der Waals surface area contributed by atoms with Crippen molar-refractivity contribution in [2.24, 2.45) is 0 Å². The van der Waals surface area contributed by atoms with Gasteiger partial charge in [0.15, 0.2) is 5.75 Å². The second-order valence-corrected chi connectivity index (χ2v) is 3.79. The zero-order valence-electron chi connectivity index (χ0n) is 9.63. The number of carbonyl (C=O) groups is 1. The summed E-state index contributed by atoms with van der Waals surface area (Å²) in [6, 6.07) is 14.2. The first-order chi connectivity index (χ1) is 8.66. The van der Waals surface area contributed by atoms with Gasteiger partial charge in [-0.3, -0.25) is 0 Å². The number of carboxylic acid groups (broad SMARTS) is 1. The summed E-state index contributed by atoms with van der Waals surface area (Å²) in [5, 5.41) is 10.6. The Hall–Kier alpha value is -2.49. The first-order valence-corrected chi connectivity index (χ1v) is 5.47. The molecule has 0 fully saturated rings. The summed E-state index contributed by atoms with van der Waals surface area (Å²) >= 11 is 0. The van der Waals surface area contributed by atoms with E-state index in [0.717, 1.165) is 0 Å². The summed E-state index contributed by atoms with van der Waals surface area (Å²) in [5.41, 5.74) is 6.68. The third-order valence-corrected chi connectivity index (χ3v) is 2.46. The van der Waals surface area contributed by atoms with Gasteiger partial charge in [-0.1, -0.05) is 30.3 Å². The molecule has 0 spiro atoms. The van der Waals surface area contributed by atoms with E-state index in [9.17, 15) is 9.90 Å². The molecule has 4 heteroatoms. The molecule has 2 rings (SSSR count). The van der Waals surface area contributed by atoms with Crippen molar-refractivity contribution in [2.45, 2.75) is 6.42 Å². The topological polar surface area (TPSA) is 75.4 Å². The normalized spacial score (nSPS) is 10.0. The van der Waals surface area contributed by atoms with E-state index >= 15 is 0 Å². The predicted octanol–water partition coefficient (Wildman–Crippen LogP) is 1.35. The molecule has 0 saturated carbocycles. The van der Waals surface area contributed by atoms with Crippen LogP contribution in [0.25, 0.3) is 0 Å². The molecule has 2 N–H and O–H groups in total. The summed E-state index contributed by atoms with van der Waals surface area (Å²) in [7, 11) is 0. The molecule has 2 aromatic carbocycles. The minimum Gasteiger partial charge on any atom is -0.550 e. The van der Waals surface area contributed by atoms with Crippen LogP contribution in [-0.2, 0) is 11.2 Å². The van der Waals surface area contributed by atoms with Crippen LogP contribution >= 0.6 is 0 Å². The molecule has 92 valence electrons. The van der Waals surface area contributed by atoms with Crippen LogP contribution in [-0.4, -0.2) is 5.97 Å². The van der Waals surface area contributed by atoms with Crippen LogP contribution in [0.15, 0.2) is 48.5 Å². The average Bonchev–Trinajstić information content (AvgIpc) is 2.35. The van der Waals surface area contributed by atoms with Gasteiger partial charge in [0.05, 0.1) is 5.69 Å². The van der Waals surface area contributed by atoms with E-state index in [-0.39, 0.29) is 6.42 Å². The predicted molar refractivity (Wildman–Crippen MR) is 66.1 cm³/mol. The van der Waals surface area contributed by atoms with Crippen molar-refractivity contribution in [1.29, 1.82) is 0 Å². The fourth-order valence-corrected chi connectivity index (χ4v) is 1.60. The molecule has 0 aromatic heterocycles. The smallest absolute Gasteiger partial charge is 0.150 e. The van der Waals surface area contributed by atoms with Crippen molar-refractivity contribution in [2.75, 3.05) is 5.73 Å². The summed E-state index contributed by atoms with van der Waals surface area (Å²) in [6.45, 7) is 0.